The van der Waals surface area contributed by atoms with Crippen molar-refractivity contribution in [2.75, 3.05) is 13.1 Å². The van der Waals surface area contributed by atoms with Gasteiger partial charge in [-0.1, -0.05) is 13.8 Å². The molecule has 1 aliphatic rings. The number of ketones is 1. The lowest BCUT2D eigenvalue weighted by Crippen LogP contribution is -2.51. The van der Waals surface area contributed by atoms with E-state index in [9.17, 15) is 9.90 Å². The average Bonchev–Trinajstić information content (AvgIpc) is 1.98. The Morgan fingerprint density at radius 1 is 1.67 bits per heavy atom. The molecule has 2 unspecified atom stereocenters. The van der Waals surface area contributed by atoms with Crippen LogP contribution in [0.2, 0.25) is 0 Å². The van der Waals surface area contributed by atoms with E-state index in [1.165, 1.54) is 0 Å². The summed E-state index contributed by atoms with van der Waals surface area (Å²) in [4.78, 5) is 11.4. The van der Waals surface area contributed by atoms with Gasteiger partial charge in [0.05, 0.1) is 0 Å². The number of hydrogen-bond acceptors (Lipinski definition) is 3. The van der Waals surface area contributed by atoms with Gasteiger partial charge < -0.3 is 10.4 Å². The molecule has 0 aromatic heterocycles. The van der Waals surface area contributed by atoms with E-state index >= 15 is 0 Å². The molecule has 1 saturated heterocycles. The lowest BCUT2D eigenvalue weighted by atomic mass is 9.88. The van der Waals surface area contributed by atoms with E-state index < -0.39 is 6.10 Å². The number of carbonyl (C=O) groups is 1. The number of Topliss-reactive ketones (excluding diaryl/α,β-unsaturated/α-hetero) is 1. The van der Waals surface area contributed by atoms with Crippen molar-refractivity contribution in [2.45, 2.75) is 26.4 Å². The summed E-state index contributed by atoms with van der Waals surface area (Å²) in [5.41, 5.74) is 0. The molecule has 0 aromatic carbocycles. The predicted octanol–water partition coefficient (Wildman–Crippen LogP) is 0.182. The van der Waals surface area contributed by atoms with Gasteiger partial charge in [-0.25, -0.2) is 0 Å². The molecule has 1 heterocycles. The Labute approximate surface area is 73.2 Å². The van der Waals surface area contributed by atoms with E-state index in [0.717, 1.165) is 19.5 Å². The summed E-state index contributed by atoms with van der Waals surface area (Å²) >= 11 is 0. The van der Waals surface area contributed by atoms with Crippen molar-refractivity contribution in [3.05, 3.63) is 0 Å². The smallest absolute Gasteiger partial charge is 0.164 e. The Balaban J connectivity index is 2.39. The van der Waals surface area contributed by atoms with Crippen LogP contribution < -0.4 is 5.32 Å². The molecule has 0 radical (unpaired) electrons. The van der Waals surface area contributed by atoms with Gasteiger partial charge in [-0.15, -0.1) is 0 Å². The maximum atomic E-state index is 11.4. The third-order valence-electron chi connectivity index (χ3n) is 2.65. The van der Waals surface area contributed by atoms with Gasteiger partial charge in [0.15, 0.2) is 5.78 Å². The van der Waals surface area contributed by atoms with E-state index in [0.29, 0.717) is 0 Å². The molecule has 0 aliphatic carbocycles. The zero-order valence-electron chi connectivity index (χ0n) is 7.71. The molecule has 3 heteroatoms. The first-order chi connectivity index (χ1) is 5.66. The molecule has 2 N–H and O–H groups in total. The van der Waals surface area contributed by atoms with Crippen LogP contribution in [-0.4, -0.2) is 30.1 Å². The van der Waals surface area contributed by atoms with Crippen LogP contribution in [0, 0.1) is 11.8 Å². The van der Waals surface area contributed by atoms with Crippen molar-refractivity contribution in [3.8, 4) is 0 Å². The van der Waals surface area contributed by atoms with Gasteiger partial charge in [0, 0.05) is 24.9 Å². The molecule has 0 aromatic rings. The predicted molar refractivity (Wildman–Crippen MR) is 46.8 cm³/mol. The fourth-order valence-corrected chi connectivity index (χ4v) is 1.26. The summed E-state index contributed by atoms with van der Waals surface area (Å²) in [6, 6.07) is 0. The molecular formula is C9H17NO2. The first-order valence-corrected chi connectivity index (χ1v) is 4.59. The molecule has 12 heavy (non-hydrogen) atoms. The molecule has 0 bridgehead atoms. The molecular weight excluding hydrogens is 154 g/mol. The van der Waals surface area contributed by atoms with E-state index in [-0.39, 0.29) is 17.6 Å². The van der Waals surface area contributed by atoms with Crippen molar-refractivity contribution in [3.63, 3.8) is 0 Å². The van der Waals surface area contributed by atoms with E-state index in [1.54, 1.807) is 0 Å². The molecule has 0 spiro atoms. The molecule has 1 rings (SSSR count). The van der Waals surface area contributed by atoms with Gasteiger partial charge in [0.1, 0.15) is 6.10 Å². The second-order valence-corrected chi connectivity index (χ2v) is 3.57. The molecule has 0 amide bonds. The highest BCUT2D eigenvalue weighted by Gasteiger charge is 2.32. The second-order valence-electron chi connectivity index (χ2n) is 3.57. The number of aliphatic hydroxyl groups is 1. The second kappa shape index (κ2) is 4.01. The van der Waals surface area contributed by atoms with Crippen LogP contribution in [0.15, 0.2) is 0 Å². The number of hydrogen-bond donors (Lipinski definition) is 2. The maximum Gasteiger partial charge on any atom is 0.164 e. The highest BCUT2D eigenvalue weighted by atomic mass is 16.3. The summed E-state index contributed by atoms with van der Waals surface area (Å²) in [5, 5.41) is 12.6. The number of aliphatic hydroxyl groups excluding tert-OH is 1. The zero-order valence-corrected chi connectivity index (χ0v) is 7.71. The molecule has 3 nitrogen and oxygen atoms in total. The quantitative estimate of drug-likeness (QED) is 0.634. The Bertz CT molecular complexity index is 166. The molecule has 1 aliphatic heterocycles. The van der Waals surface area contributed by atoms with Crippen LogP contribution in [0.1, 0.15) is 20.3 Å². The minimum Gasteiger partial charge on any atom is -0.385 e. The van der Waals surface area contributed by atoms with Crippen LogP contribution in [0.5, 0.6) is 0 Å². The maximum absolute atomic E-state index is 11.4. The lowest BCUT2D eigenvalue weighted by molar-refractivity contribution is -0.134. The van der Waals surface area contributed by atoms with Crippen molar-refractivity contribution < 1.29 is 9.90 Å². The summed E-state index contributed by atoms with van der Waals surface area (Å²) in [6.45, 7) is 5.40. The first kappa shape index (κ1) is 9.68. The summed E-state index contributed by atoms with van der Waals surface area (Å²) in [5.74, 6) is 0.163. The van der Waals surface area contributed by atoms with Gasteiger partial charge in [0.25, 0.3) is 0 Å². The molecule has 2 atom stereocenters. The van der Waals surface area contributed by atoms with Gasteiger partial charge in [-0.05, 0) is 6.42 Å². The largest absolute Gasteiger partial charge is 0.385 e. The minimum atomic E-state index is -0.735. The topological polar surface area (TPSA) is 49.3 Å². The van der Waals surface area contributed by atoms with Crippen LogP contribution in [-0.2, 0) is 4.79 Å². The van der Waals surface area contributed by atoms with Crippen molar-refractivity contribution >= 4 is 5.78 Å². The van der Waals surface area contributed by atoms with E-state index in [1.807, 2.05) is 13.8 Å². The van der Waals surface area contributed by atoms with Gasteiger partial charge >= 0.3 is 0 Å². The number of carbonyl (C=O) groups excluding carboxylic acids is 1. The van der Waals surface area contributed by atoms with Crippen LogP contribution in [0.4, 0.5) is 0 Å². The Hall–Kier alpha value is -0.410. The highest BCUT2D eigenvalue weighted by molar-refractivity contribution is 5.85. The monoisotopic (exact) mass is 171 g/mol. The summed E-state index contributed by atoms with van der Waals surface area (Å²) in [7, 11) is 0. The van der Waals surface area contributed by atoms with Crippen molar-refractivity contribution in [1.29, 1.82) is 0 Å². The fraction of sp³-hybridized carbons (Fsp3) is 0.889. The van der Waals surface area contributed by atoms with E-state index in [4.69, 9.17) is 0 Å². The van der Waals surface area contributed by atoms with Gasteiger partial charge in [-0.3, -0.25) is 4.79 Å². The third-order valence-corrected chi connectivity index (χ3v) is 2.65. The summed E-state index contributed by atoms with van der Waals surface area (Å²) in [6.07, 6.45) is 0.0805. The fourth-order valence-electron chi connectivity index (χ4n) is 1.26. The van der Waals surface area contributed by atoms with E-state index in [2.05, 4.69) is 5.32 Å². The molecule has 70 valence electrons. The van der Waals surface area contributed by atoms with Crippen molar-refractivity contribution in [1.82, 2.24) is 5.32 Å². The SMILES string of the molecule is CCC(C)C(=O)C(O)C1CNC1. The lowest BCUT2D eigenvalue weighted by Gasteiger charge is -2.31. The third kappa shape index (κ3) is 1.84. The highest BCUT2D eigenvalue weighted by Crippen LogP contribution is 2.15. The normalized spacial score (nSPS) is 22.9. The van der Waals surface area contributed by atoms with Gasteiger partial charge in [0.2, 0.25) is 0 Å². The number of nitrogens with one attached hydrogen (secondary N) is 1. The first-order valence-electron chi connectivity index (χ1n) is 4.59. The van der Waals surface area contributed by atoms with Crippen LogP contribution >= 0.6 is 0 Å². The summed E-state index contributed by atoms with van der Waals surface area (Å²) < 4.78 is 0. The van der Waals surface area contributed by atoms with Gasteiger partial charge in [-0.2, -0.15) is 0 Å². The minimum absolute atomic E-state index is 0.000556. The number of rotatable bonds is 4. The van der Waals surface area contributed by atoms with Crippen LogP contribution in [0.3, 0.4) is 0 Å². The Kier molecular flexibility index (Phi) is 3.23. The standard InChI is InChI=1S/C9H17NO2/c1-3-6(2)8(11)9(12)7-4-10-5-7/h6-7,9-10,12H,3-5H2,1-2H3. The van der Waals surface area contributed by atoms with Crippen molar-refractivity contribution in [2.24, 2.45) is 11.8 Å². The Morgan fingerprint density at radius 3 is 2.58 bits per heavy atom. The van der Waals surface area contributed by atoms with Crippen LogP contribution in [0.25, 0.3) is 0 Å². The molecule has 0 saturated carbocycles. The zero-order chi connectivity index (χ0) is 9.14. The molecule has 1 fully saturated rings. The Morgan fingerprint density at radius 2 is 2.25 bits per heavy atom. The average molecular weight is 171 g/mol.